The summed E-state index contributed by atoms with van der Waals surface area (Å²) in [5.41, 5.74) is 2.10. The van der Waals surface area contributed by atoms with Crippen LogP contribution in [-0.4, -0.2) is 37.0 Å². The molecule has 0 aromatic heterocycles. The summed E-state index contributed by atoms with van der Waals surface area (Å²) in [6.07, 6.45) is 0.811. The topological polar surface area (TPSA) is 70.6 Å². The van der Waals surface area contributed by atoms with Gasteiger partial charge >= 0.3 is 6.03 Å². The van der Waals surface area contributed by atoms with Crippen molar-refractivity contribution in [3.05, 3.63) is 35.4 Å². The minimum absolute atomic E-state index is 0.246. The Morgan fingerprint density at radius 3 is 2.95 bits per heavy atom. The Labute approximate surface area is 132 Å². The maximum atomic E-state index is 11.9. The number of aliphatic hydroxyl groups excluding tert-OH is 1. The number of rotatable bonds is 7. The van der Waals surface area contributed by atoms with Crippen LogP contribution in [0.5, 0.6) is 0 Å². The third-order valence-electron chi connectivity index (χ3n) is 3.69. The molecule has 2 amide bonds. The summed E-state index contributed by atoms with van der Waals surface area (Å²) in [5, 5.41) is 15.8. The van der Waals surface area contributed by atoms with Crippen molar-refractivity contribution in [1.82, 2.24) is 10.6 Å². The number of nitrogens with one attached hydrogen (secondary N) is 2. The number of urea groups is 1. The van der Waals surface area contributed by atoms with E-state index in [1.165, 1.54) is 0 Å². The number of amides is 2. The minimum atomic E-state index is -0.558. The lowest BCUT2D eigenvalue weighted by Gasteiger charge is -2.18. The Hall–Kier alpha value is -1.59. The van der Waals surface area contributed by atoms with Crippen molar-refractivity contribution in [2.45, 2.75) is 38.8 Å². The number of fused-ring (bicyclic) bond motifs is 1. The number of aliphatic hydroxyl groups is 1. The molecule has 2 atom stereocenters. The van der Waals surface area contributed by atoms with Gasteiger partial charge in [0, 0.05) is 26.2 Å². The van der Waals surface area contributed by atoms with E-state index in [0.717, 1.165) is 24.2 Å². The van der Waals surface area contributed by atoms with Crippen LogP contribution in [0.25, 0.3) is 0 Å². The molecule has 1 aliphatic rings. The molecule has 0 fully saturated rings. The lowest BCUT2D eigenvalue weighted by atomic mass is 10.1. The van der Waals surface area contributed by atoms with Crippen molar-refractivity contribution in [2.75, 3.05) is 19.8 Å². The van der Waals surface area contributed by atoms with E-state index in [0.29, 0.717) is 25.5 Å². The van der Waals surface area contributed by atoms with Gasteiger partial charge in [0.2, 0.25) is 0 Å². The molecule has 0 saturated heterocycles. The van der Waals surface area contributed by atoms with Gasteiger partial charge in [0.15, 0.2) is 0 Å². The molecule has 2 unspecified atom stereocenters. The van der Waals surface area contributed by atoms with E-state index in [1.54, 1.807) is 0 Å². The molecule has 0 aliphatic heterocycles. The summed E-state index contributed by atoms with van der Waals surface area (Å²) in [7, 11) is 0. The van der Waals surface area contributed by atoms with Crippen LogP contribution in [0.1, 0.15) is 37.4 Å². The molecule has 0 saturated carbocycles. The fourth-order valence-electron chi connectivity index (χ4n) is 2.64. The number of hydrogen-bond donors (Lipinski definition) is 3. The predicted molar refractivity (Wildman–Crippen MR) is 85.7 cm³/mol. The van der Waals surface area contributed by atoms with E-state index in [4.69, 9.17) is 4.74 Å². The minimum Gasteiger partial charge on any atom is -0.390 e. The van der Waals surface area contributed by atoms with Gasteiger partial charge < -0.3 is 20.5 Å². The van der Waals surface area contributed by atoms with Crippen LogP contribution in [0.3, 0.4) is 0 Å². The molecule has 3 N–H and O–H groups in total. The third-order valence-corrected chi connectivity index (χ3v) is 3.69. The zero-order chi connectivity index (χ0) is 15.9. The van der Waals surface area contributed by atoms with E-state index in [9.17, 15) is 9.90 Å². The molecule has 1 aromatic carbocycles. The maximum absolute atomic E-state index is 11.9. The second kappa shape index (κ2) is 8.15. The van der Waals surface area contributed by atoms with Crippen molar-refractivity contribution in [1.29, 1.82) is 0 Å². The summed E-state index contributed by atoms with van der Waals surface area (Å²) in [4.78, 5) is 11.9. The molecule has 1 aromatic rings. The Balaban J connectivity index is 1.69. The summed E-state index contributed by atoms with van der Waals surface area (Å²) in [6, 6.07) is 7.25. The van der Waals surface area contributed by atoms with Crippen molar-refractivity contribution in [2.24, 2.45) is 5.92 Å². The Morgan fingerprint density at radius 1 is 1.41 bits per heavy atom. The van der Waals surface area contributed by atoms with Crippen molar-refractivity contribution in [3.63, 3.8) is 0 Å². The first kappa shape index (κ1) is 16.8. The molecular weight excluding hydrogens is 280 g/mol. The number of ether oxygens (including phenoxy) is 1. The van der Waals surface area contributed by atoms with Gasteiger partial charge in [-0.15, -0.1) is 0 Å². The van der Waals surface area contributed by atoms with E-state index in [-0.39, 0.29) is 12.1 Å². The number of benzene rings is 1. The van der Waals surface area contributed by atoms with Crippen molar-refractivity contribution >= 4 is 6.03 Å². The monoisotopic (exact) mass is 306 g/mol. The largest absolute Gasteiger partial charge is 0.390 e. The molecule has 1 aliphatic carbocycles. The smallest absolute Gasteiger partial charge is 0.315 e. The summed E-state index contributed by atoms with van der Waals surface area (Å²) < 4.78 is 5.46. The lowest BCUT2D eigenvalue weighted by molar-refractivity contribution is 0.108. The summed E-state index contributed by atoms with van der Waals surface area (Å²) >= 11 is 0. The molecule has 0 radical (unpaired) electrons. The third kappa shape index (κ3) is 4.71. The van der Waals surface area contributed by atoms with Gasteiger partial charge in [0.05, 0.1) is 12.1 Å². The second-order valence-electron chi connectivity index (χ2n) is 6.17. The fourth-order valence-corrected chi connectivity index (χ4v) is 2.64. The van der Waals surface area contributed by atoms with Crippen molar-refractivity contribution in [3.8, 4) is 0 Å². The molecule has 2 rings (SSSR count). The molecule has 122 valence electrons. The summed E-state index contributed by atoms with van der Waals surface area (Å²) in [6.45, 7) is 6.17. The van der Waals surface area contributed by atoms with Crippen LogP contribution in [0, 0.1) is 5.92 Å². The first-order valence-corrected chi connectivity index (χ1v) is 7.96. The lowest BCUT2D eigenvalue weighted by Crippen LogP contribution is -2.41. The standard InChI is InChI=1S/C17H26N2O3/c1-12(2)11-22-9-5-8-18-17(21)19-16-14-7-4-3-6-13(14)10-15(16)20/h3-4,6-7,12,15-16,20H,5,8-11H2,1-2H3,(H2,18,19,21). The van der Waals surface area contributed by atoms with Gasteiger partial charge in [-0.1, -0.05) is 38.1 Å². The van der Waals surface area contributed by atoms with E-state index in [1.807, 2.05) is 24.3 Å². The van der Waals surface area contributed by atoms with E-state index >= 15 is 0 Å². The quantitative estimate of drug-likeness (QED) is 0.675. The highest BCUT2D eigenvalue weighted by molar-refractivity contribution is 5.74. The molecule has 22 heavy (non-hydrogen) atoms. The first-order valence-electron chi connectivity index (χ1n) is 7.96. The van der Waals surface area contributed by atoms with Crippen LogP contribution in [0.4, 0.5) is 4.79 Å². The molecular formula is C17H26N2O3. The number of hydrogen-bond acceptors (Lipinski definition) is 3. The highest BCUT2D eigenvalue weighted by Crippen LogP contribution is 2.30. The van der Waals surface area contributed by atoms with Gasteiger partial charge in [-0.25, -0.2) is 4.79 Å². The maximum Gasteiger partial charge on any atom is 0.315 e. The SMILES string of the molecule is CC(C)COCCCNC(=O)NC1c2ccccc2CC1O. The Bertz CT molecular complexity index is 491. The first-order chi connectivity index (χ1) is 10.6. The Kier molecular flexibility index (Phi) is 6.21. The fraction of sp³-hybridized carbons (Fsp3) is 0.588. The van der Waals surface area contributed by atoms with Gasteiger partial charge in [0.1, 0.15) is 0 Å². The molecule has 5 nitrogen and oxygen atoms in total. The molecule has 5 heteroatoms. The molecule has 0 bridgehead atoms. The highest BCUT2D eigenvalue weighted by atomic mass is 16.5. The molecule has 0 heterocycles. The van der Waals surface area contributed by atoms with Gasteiger partial charge in [0.25, 0.3) is 0 Å². The van der Waals surface area contributed by atoms with E-state index in [2.05, 4.69) is 24.5 Å². The molecule has 0 spiro atoms. The van der Waals surface area contributed by atoms with Crippen LogP contribution in [0.2, 0.25) is 0 Å². The average Bonchev–Trinajstić information content (AvgIpc) is 2.79. The second-order valence-corrected chi connectivity index (χ2v) is 6.17. The van der Waals surface area contributed by atoms with Crippen LogP contribution >= 0.6 is 0 Å². The zero-order valence-electron chi connectivity index (χ0n) is 13.3. The summed E-state index contributed by atoms with van der Waals surface area (Å²) in [5.74, 6) is 0.528. The van der Waals surface area contributed by atoms with Gasteiger partial charge in [-0.3, -0.25) is 0 Å². The van der Waals surface area contributed by atoms with Crippen LogP contribution < -0.4 is 10.6 Å². The normalized spacial score (nSPS) is 20.0. The van der Waals surface area contributed by atoms with Gasteiger partial charge in [-0.2, -0.15) is 0 Å². The van der Waals surface area contributed by atoms with E-state index < -0.39 is 6.10 Å². The Morgan fingerprint density at radius 2 is 2.18 bits per heavy atom. The number of carbonyl (C=O) groups excluding carboxylic acids is 1. The van der Waals surface area contributed by atoms with Crippen molar-refractivity contribution < 1.29 is 14.6 Å². The highest BCUT2D eigenvalue weighted by Gasteiger charge is 2.31. The number of carbonyl (C=O) groups is 1. The van der Waals surface area contributed by atoms with Crippen LogP contribution in [-0.2, 0) is 11.2 Å². The van der Waals surface area contributed by atoms with Gasteiger partial charge in [-0.05, 0) is 23.5 Å². The zero-order valence-corrected chi connectivity index (χ0v) is 13.3. The van der Waals surface area contributed by atoms with Crippen LogP contribution in [0.15, 0.2) is 24.3 Å². The predicted octanol–water partition coefficient (Wildman–Crippen LogP) is 2.01. The average molecular weight is 306 g/mol.